The summed E-state index contributed by atoms with van der Waals surface area (Å²) in [6.07, 6.45) is 5.85. The van der Waals surface area contributed by atoms with Crippen LogP contribution in [-0.4, -0.2) is 26.1 Å². The maximum atomic E-state index is 12.5. The van der Waals surface area contributed by atoms with E-state index in [1.165, 1.54) is 0 Å². The van der Waals surface area contributed by atoms with Gasteiger partial charge in [0.1, 0.15) is 5.82 Å². The number of rotatable bonds is 4. The molecule has 2 heterocycles. The molecule has 6 nitrogen and oxygen atoms in total. The first-order chi connectivity index (χ1) is 9.64. The quantitative estimate of drug-likeness (QED) is 0.897. The molecule has 1 aliphatic carbocycles. The van der Waals surface area contributed by atoms with Crippen LogP contribution in [0, 0.1) is 0 Å². The minimum absolute atomic E-state index is 0.0703. The second kappa shape index (κ2) is 4.97. The topological polar surface area (TPSA) is 83.6 Å². The lowest BCUT2D eigenvalue weighted by Crippen LogP contribution is -2.28. The lowest BCUT2D eigenvalue weighted by Gasteiger charge is -2.13. The van der Waals surface area contributed by atoms with Gasteiger partial charge in [0.05, 0.1) is 5.41 Å². The predicted molar refractivity (Wildman–Crippen MR) is 77.2 cm³/mol. The number of H-pyrrole nitrogens is 1. The van der Waals surface area contributed by atoms with E-state index >= 15 is 0 Å². The van der Waals surface area contributed by atoms with Crippen molar-refractivity contribution in [1.29, 1.82) is 0 Å². The summed E-state index contributed by atoms with van der Waals surface area (Å²) in [5.41, 5.74) is 0.444. The summed E-state index contributed by atoms with van der Waals surface area (Å²) in [5.74, 6) is 1.02. The van der Waals surface area contributed by atoms with Gasteiger partial charge in [-0.1, -0.05) is 6.92 Å². The molecule has 0 saturated heterocycles. The number of hydrogen-bond donors (Lipinski definition) is 2. The van der Waals surface area contributed by atoms with Crippen LogP contribution in [0.1, 0.15) is 31.2 Å². The van der Waals surface area contributed by atoms with E-state index in [0.717, 1.165) is 35.1 Å². The van der Waals surface area contributed by atoms with Gasteiger partial charge in [0, 0.05) is 23.3 Å². The molecule has 2 N–H and O–H groups in total. The largest absolute Gasteiger partial charge is 0.292 e. The Labute approximate surface area is 124 Å². The number of nitrogens with one attached hydrogen (secondary N) is 2. The summed E-state index contributed by atoms with van der Waals surface area (Å²) >= 11 is 3.39. The zero-order chi connectivity index (χ0) is 14.2. The Balaban J connectivity index is 1.79. The number of pyridine rings is 1. The number of aryl methyl sites for hydroxylation is 1. The molecule has 7 heteroatoms. The zero-order valence-corrected chi connectivity index (χ0v) is 12.6. The summed E-state index contributed by atoms with van der Waals surface area (Å²) in [6, 6.07) is 1.94. The number of anilines is 1. The van der Waals surface area contributed by atoms with Gasteiger partial charge in [-0.25, -0.2) is 0 Å². The normalized spacial score (nSPS) is 15.9. The van der Waals surface area contributed by atoms with Crippen LogP contribution in [0.3, 0.4) is 0 Å². The molecule has 0 spiro atoms. The van der Waals surface area contributed by atoms with Crippen LogP contribution in [0.15, 0.2) is 22.9 Å². The monoisotopic (exact) mass is 335 g/mol. The Bertz CT molecular complexity index is 650. The highest BCUT2D eigenvalue weighted by atomic mass is 79.9. The van der Waals surface area contributed by atoms with E-state index in [1.54, 1.807) is 12.4 Å². The Hall–Kier alpha value is -1.76. The van der Waals surface area contributed by atoms with Crippen molar-refractivity contribution in [2.75, 3.05) is 5.32 Å². The molecule has 104 valence electrons. The molecule has 0 bridgehead atoms. The maximum Gasteiger partial charge on any atom is 0.248 e. The van der Waals surface area contributed by atoms with E-state index in [2.05, 4.69) is 41.4 Å². The molecule has 1 fully saturated rings. The highest BCUT2D eigenvalue weighted by Gasteiger charge is 2.51. The first-order valence-electron chi connectivity index (χ1n) is 6.48. The number of nitrogens with zero attached hydrogens (tertiary/aromatic N) is 3. The van der Waals surface area contributed by atoms with Crippen molar-refractivity contribution in [3.05, 3.63) is 34.3 Å². The van der Waals surface area contributed by atoms with Crippen LogP contribution >= 0.6 is 15.9 Å². The van der Waals surface area contributed by atoms with E-state index in [0.29, 0.717) is 5.95 Å². The van der Waals surface area contributed by atoms with Gasteiger partial charge in [-0.15, -0.1) is 5.10 Å². The third-order valence-electron chi connectivity index (χ3n) is 3.53. The van der Waals surface area contributed by atoms with Crippen molar-refractivity contribution in [2.45, 2.75) is 31.6 Å². The number of carbonyl (C=O) groups is 1. The molecule has 3 rings (SSSR count). The number of halogens is 1. The van der Waals surface area contributed by atoms with Crippen LogP contribution in [0.4, 0.5) is 5.95 Å². The van der Waals surface area contributed by atoms with Crippen molar-refractivity contribution < 1.29 is 4.79 Å². The van der Waals surface area contributed by atoms with Gasteiger partial charge in [-0.05, 0) is 40.4 Å². The number of carbonyl (C=O) groups excluding carboxylic acids is 1. The smallest absolute Gasteiger partial charge is 0.248 e. The predicted octanol–water partition coefficient (Wildman–Crippen LogP) is 2.19. The van der Waals surface area contributed by atoms with Gasteiger partial charge in [-0.3, -0.25) is 20.2 Å². The molecule has 0 radical (unpaired) electrons. The van der Waals surface area contributed by atoms with E-state index < -0.39 is 5.41 Å². The lowest BCUT2D eigenvalue weighted by atomic mass is 9.97. The third-order valence-corrected chi connectivity index (χ3v) is 3.97. The van der Waals surface area contributed by atoms with E-state index in [-0.39, 0.29) is 5.91 Å². The zero-order valence-electron chi connectivity index (χ0n) is 11.0. The average Bonchev–Trinajstić information content (AvgIpc) is 3.14. The Morgan fingerprint density at radius 1 is 1.50 bits per heavy atom. The molecule has 1 amide bonds. The van der Waals surface area contributed by atoms with Gasteiger partial charge < -0.3 is 0 Å². The highest BCUT2D eigenvalue weighted by molar-refractivity contribution is 9.10. The van der Waals surface area contributed by atoms with E-state index in [9.17, 15) is 4.79 Å². The molecule has 0 aromatic carbocycles. The fraction of sp³-hybridized carbons (Fsp3) is 0.385. The Kier molecular flexibility index (Phi) is 3.29. The summed E-state index contributed by atoms with van der Waals surface area (Å²) in [7, 11) is 0. The average molecular weight is 336 g/mol. The van der Waals surface area contributed by atoms with E-state index in [4.69, 9.17) is 0 Å². The van der Waals surface area contributed by atoms with Crippen molar-refractivity contribution in [1.82, 2.24) is 20.2 Å². The number of amides is 1. The van der Waals surface area contributed by atoms with Crippen LogP contribution < -0.4 is 5.32 Å². The van der Waals surface area contributed by atoms with Gasteiger partial charge in [0.2, 0.25) is 11.9 Å². The number of aromatic nitrogens is 4. The number of hydrogen-bond acceptors (Lipinski definition) is 4. The molecular formula is C13H14BrN5O. The Morgan fingerprint density at radius 2 is 2.30 bits per heavy atom. The van der Waals surface area contributed by atoms with Gasteiger partial charge >= 0.3 is 0 Å². The fourth-order valence-corrected chi connectivity index (χ4v) is 2.54. The molecular weight excluding hydrogens is 322 g/mol. The first kappa shape index (κ1) is 13.2. The van der Waals surface area contributed by atoms with Crippen molar-refractivity contribution in [2.24, 2.45) is 0 Å². The van der Waals surface area contributed by atoms with Gasteiger partial charge in [-0.2, -0.15) is 4.98 Å². The molecule has 1 aliphatic rings. The molecule has 1 saturated carbocycles. The summed E-state index contributed by atoms with van der Waals surface area (Å²) in [4.78, 5) is 20.8. The van der Waals surface area contributed by atoms with Crippen molar-refractivity contribution in [3.63, 3.8) is 0 Å². The SMILES string of the molecule is CCc1nc(NC(=O)C2(c3cncc(Br)c3)CC2)n[nH]1. The van der Waals surface area contributed by atoms with Gasteiger partial charge in [0.15, 0.2) is 0 Å². The van der Waals surface area contributed by atoms with Crippen LogP contribution in [-0.2, 0) is 16.6 Å². The van der Waals surface area contributed by atoms with Crippen molar-refractivity contribution >= 4 is 27.8 Å². The number of aromatic amines is 1. The minimum Gasteiger partial charge on any atom is -0.292 e. The van der Waals surface area contributed by atoms with Crippen LogP contribution in [0.25, 0.3) is 0 Å². The van der Waals surface area contributed by atoms with E-state index in [1.807, 2.05) is 13.0 Å². The molecule has 20 heavy (non-hydrogen) atoms. The third kappa shape index (κ3) is 2.33. The minimum atomic E-state index is -0.482. The summed E-state index contributed by atoms with van der Waals surface area (Å²) in [6.45, 7) is 1.97. The van der Waals surface area contributed by atoms with Crippen LogP contribution in [0.5, 0.6) is 0 Å². The van der Waals surface area contributed by atoms with Crippen LogP contribution in [0.2, 0.25) is 0 Å². The first-order valence-corrected chi connectivity index (χ1v) is 7.27. The van der Waals surface area contributed by atoms with Gasteiger partial charge in [0.25, 0.3) is 0 Å². The second-order valence-corrected chi connectivity index (χ2v) is 5.80. The summed E-state index contributed by atoms with van der Waals surface area (Å²) < 4.78 is 0.875. The fourth-order valence-electron chi connectivity index (χ4n) is 2.18. The molecule has 0 atom stereocenters. The molecule has 0 unspecified atom stereocenters. The standard InChI is InChI=1S/C13H14BrN5O/c1-2-10-16-12(19-18-10)17-11(20)13(3-4-13)8-5-9(14)7-15-6-8/h5-7H,2-4H2,1H3,(H2,16,17,18,19,20). The molecule has 2 aromatic heterocycles. The summed E-state index contributed by atoms with van der Waals surface area (Å²) in [5, 5.41) is 9.55. The second-order valence-electron chi connectivity index (χ2n) is 4.89. The lowest BCUT2D eigenvalue weighted by molar-refractivity contribution is -0.118. The molecule has 2 aromatic rings. The Morgan fingerprint density at radius 3 is 2.90 bits per heavy atom. The van der Waals surface area contributed by atoms with Crippen molar-refractivity contribution in [3.8, 4) is 0 Å². The molecule has 0 aliphatic heterocycles. The highest BCUT2D eigenvalue weighted by Crippen LogP contribution is 2.49. The maximum absolute atomic E-state index is 12.5.